The van der Waals surface area contributed by atoms with E-state index in [0.717, 1.165) is 5.56 Å². The van der Waals surface area contributed by atoms with E-state index < -0.39 is 10.0 Å². The number of aromatic nitrogens is 3. The highest BCUT2D eigenvalue weighted by Crippen LogP contribution is 2.07. The van der Waals surface area contributed by atoms with Crippen LogP contribution in [0.5, 0.6) is 0 Å². The number of hydrogen-bond acceptors (Lipinski definition) is 4. The first-order valence-corrected chi connectivity index (χ1v) is 7.94. The van der Waals surface area contributed by atoms with Crippen LogP contribution in [0.2, 0.25) is 0 Å². The first kappa shape index (κ1) is 14.7. The normalized spacial score (nSPS) is 11.9. The van der Waals surface area contributed by atoms with Crippen LogP contribution in [0.4, 0.5) is 0 Å². The molecule has 0 radical (unpaired) electrons. The Morgan fingerprint density at radius 3 is 2.55 bits per heavy atom. The predicted octanol–water partition coefficient (Wildman–Crippen LogP) is 1.12. The predicted molar refractivity (Wildman–Crippen MR) is 76.5 cm³/mol. The van der Waals surface area contributed by atoms with Crippen LogP contribution in [0.1, 0.15) is 17.2 Å². The van der Waals surface area contributed by atoms with Crippen molar-refractivity contribution in [1.82, 2.24) is 19.5 Å². The molecule has 1 aromatic heterocycles. The van der Waals surface area contributed by atoms with Gasteiger partial charge in [-0.15, -0.1) is 0 Å². The summed E-state index contributed by atoms with van der Waals surface area (Å²) >= 11 is 0. The van der Waals surface area contributed by atoms with Gasteiger partial charge in [-0.3, -0.25) is 5.10 Å². The second kappa shape index (κ2) is 6.15. The molecule has 1 aromatic carbocycles. The van der Waals surface area contributed by atoms with Gasteiger partial charge >= 0.3 is 0 Å². The zero-order valence-electron chi connectivity index (χ0n) is 11.6. The Balaban J connectivity index is 1.95. The van der Waals surface area contributed by atoms with E-state index in [4.69, 9.17) is 0 Å². The van der Waals surface area contributed by atoms with Gasteiger partial charge in [0, 0.05) is 7.05 Å². The molecule has 7 heteroatoms. The molecule has 0 bridgehead atoms. The number of aromatic amines is 1. The molecule has 108 valence electrons. The monoisotopic (exact) mass is 294 g/mol. The molecule has 0 atom stereocenters. The van der Waals surface area contributed by atoms with Crippen LogP contribution in [-0.4, -0.2) is 40.7 Å². The smallest absolute Gasteiger partial charge is 0.214 e. The van der Waals surface area contributed by atoms with Crippen molar-refractivity contribution in [2.45, 2.75) is 19.9 Å². The van der Waals surface area contributed by atoms with Crippen LogP contribution < -0.4 is 0 Å². The number of hydrogen-bond donors (Lipinski definition) is 1. The minimum Gasteiger partial charge on any atom is -0.263 e. The van der Waals surface area contributed by atoms with Crippen molar-refractivity contribution < 1.29 is 8.42 Å². The lowest BCUT2D eigenvalue weighted by atomic mass is 10.2. The Hall–Kier alpha value is -1.73. The Kier molecular flexibility index (Phi) is 4.51. The van der Waals surface area contributed by atoms with E-state index in [1.54, 1.807) is 14.0 Å². The third kappa shape index (κ3) is 3.88. The number of sulfonamides is 1. The van der Waals surface area contributed by atoms with E-state index >= 15 is 0 Å². The van der Waals surface area contributed by atoms with Gasteiger partial charge in [-0.05, 0) is 18.9 Å². The van der Waals surface area contributed by atoms with Gasteiger partial charge in [-0.2, -0.15) is 9.40 Å². The van der Waals surface area contributed by atoms with E-state index in [0.29, 0.717) is 18.1 Å². The topological polar surface area (TPSA) is 79.0 Å². The van der Waals surface area contributed by atoms with Crippen molar-refractivity contribution in [2.75, 3.05) is 12.8 Å². The van der Waals surface area contributed by atoms with Crippen molar-refractivity contribution in [1.29, 1.82) is 0 Å². The molecule has 0 aliphatic carbocycles. The SMILES string of the molecule is Cc1nc(CN(C)S(=O)(=O)CCc2ccccc2)n[nH]1. The lowest BCUT2D eigenvalue weighted by molar-refractivity contribution is 0.457. The zero-order chi connectivity index (χ0) is 14.6. The highest BCUT2D eigenvalue weighted by Gasteiger charge is 2.19. The fraction of sp³-hybridized carbons (Fsp3) is 0.385. The van der Waals surface area contributed by atoms with Crippen LogP contribution in [0.3, 0.4) is 0 Å². The number of nitrogens with zero attached hydrogens (tertiary/aromatic N) is 3. The summed E-state index contributed by atoms with van der Waals surface area (Å²) in [6, 6.07) is 9.57. The third-order valence-electron chi connectivity index (χ3n) is 2.97. The van der Waals surface area contributed by atoms with Crippen molar-refractivity contribution in [2.24, 2.45) is 0 Å². The molecule has 6 nitrogen and oxygen atoms in total. The molecular formula is C13H18N4O2S. The Labute approximate surface area is 118 Å². The fourth-order valence-electron chi connectivity index (χ4n) is 1.80. The number of benzene rings is 1. The second-order valence-electron chi connectivity index (χ2n) is 4.64. The molecular weight excluding hydrogens is 276 g/mol. The lowest BCUT2D eigenvalue weighted by Gasteiger charge is -2.15. The summed E-state index contributed by atoms with van der Waals surface area (Å²) < 4.78 is 25.6. The van der Waals surface area contributed by atoms with Gasteiger partial charge in [0.25, 0.3) is 0 Å². The van der Waals surface area contributed by atoms with E-state index in [1.165, 1.54) is 4.31 Å². The molecule has 1 N–H and O–H groups in total. The van der Waals surface area contributed by atoms with Crippen LogP contribution in [0, 0.1) is 6.92 Å². The fourth-order valence-corrected chi connectivity index (χ4v) is 2.92. The number of aryl methyl sites for hydroxylation is 2. The van der Waals surface area contributed by atoms with Gasteiger partial charge in [0.2, 0.25) is 10.0 Å². The van der Waals surface area contributed by atoms with Crippen molar-refractivity contribution in [3.8, 4) is 0 Å². The molecule has 2 aromatic rings. The van der Waals surface area contributed by atoms with Crippen LogP contribution in [0.15, 0.2) is 30.3 Å². The van der Waals surface area contributed by atoms with Crippen molar-refractivity contribution in [3.05, 3.63) is 47.5 Å². The molecule has 0 unspecified atom stereocenters. The molecule has 20 heavy (non-hydrogen) atoms. The van der Waals surface area contributed by atoms with Gasteiger partial charge in [0.15, 0.2) is 5.82 Å². The molecule has 0 spiro atoms. The first-order valence-electron chi connectivity index (χ1n) is 6.33. The molecule has 0 aliphatic rings. The van der Waals surface area contributed by atoms with Crippen molar-refractivity contribution >= 4 is 10.0 Å². The summed E-state index contributed by atoms with van der Waals surface area (Å²) in [4.78, 5) is 4.11. The quantitative estimate of drug-likeness (QED) is 0.866. The van der Waals surface area contributed by atoms with E-state index in [-0.39, 0.29) is 12.3 Å². The lowest BCUT2D eigenvalue weighted by Crippen LogP contribution is -2.30. The molecule has 1 heterocycles. The second-order valence-corrected chi connectivity index (χ2v) is 6.84. The van der Waals surface area contributed by atoms with Crippen LogP contribution in [-0.2, 0) is 23.0 Å². The van der Waals surface area contributed by atoms with Crippen LogP contribution in [0.25, 0.3) is 0 Å². The molecule has 0 amide bonds. The maximum atomic E-state index is 12.2. The molecule has 0 saturated carbocycles. The van der Waals surface area contributed by atoms with Gasteiger partial charge < -0.3 is 0 Å². The third-order valence-corrected chi connectivity index (χ3v) is 4.77. The number of rotatable bonds is 6. The van der Waals surface area contributed by atoms with Gasteiger partial charge in [0.1, 0.15) is 5.82 Å². The van der Waals surface area contributed by atoms with Crippen LogP contribution >= 0.6 is 0 Å². The van der Waals surface area contributed by atoms with Gasteiger partial charge in [0.05, 0.1) is 12.3 Å². The largest absolute Gasteiger partial charge is 0.263 e. The maximum Gasteiger partial charge on any atom is 0.214 e. The summed E-state index contributed by atoms with van der Waals surface area (Å²) in [5.41, 5.74) is 1.01. The first-order chi connectivity index (χ1) is 9.47. The highest BCUT2D eigenvalue weighted by atomic mass is 32.2. The Morgan fingerprint density at radius 2 is 1.95 bits per heavy atom. The maximum absolute atomic E-state index is 12.2. The van der Waals surface area contributed by atoms with Gasteiger partial charge in [-0.25, -0.2) is 13.4 Å². The molecule has 2 rings (SSSR count). The summed E-state index contributed by atoms with van der Waals surface area (Å²) in [5.74, 6) is 1.24. The summed E-state index contributed by atoms with van der Waals surface area (Å²) in [6.45, 7) is 1.96. The molecule has 0 fully saturated rings. The average Bonchev–Trinajstić information content (AvgIpc) is 2.83. The Morgan fingerprint density at radius 1 is 1.25 bits per heavy atom. The zero-order valence-corrected chi connectivity index (χ0v) is 12.4. The summed E-state index contributed by atoms with van der Waals surface area (Å²) in [5, 5.41) is 6.65. The van der Waals surface area contributed by atoms with E-state index in [9.17, 15) is 8.42 Å². The standard InChI is InChI=1S/C13H18N4O2S/c1-11-14-13(16-15-11)10-17(2)20(18,19)9-8-12-6-4-3-5-7-12/h3-7H,8-10H2,1-2H3,(H,14,15,16). The molecule has 0 saturated heterocycles. The highest BCUT2D eigenvalue weighted by molar-refractivity contribution is 7.89. The van der Waals surface area contributed by atoms with Crippen molar-refractivity contribution in [3.63, 3.8) is 0 Å². The van der Waals surface area contributed by atoms with E-state index in [1.807, 2.05) is 30.3 Å². The van der Waals surface area contributed by atoms with Gasteiger partial charge in [-0.1, -0.05) is 30.3 Å². The molecule has 0 aliphatic heterocycles. The number of nitrogens with one attached hydrogen (secondary N) is 1. The number of H-pyrrole nitrogens is 1. The summed E-state index contributed by atoms with van der Waals surface area (Å²) in [7, 11) is -1.76. The van der Waals surface area contributed by atoms with E-state index in [2.05, 4.69) is 15.2 Å². The average molecular weight is 294 g/mol. The minimum absolute atomic E-state index is 0.0803. The minimum atomic E-state index is -3.31. The summed E-state index contributed by atoms with van der Waals surface area (Å²) in [6.07, 6.45) is 0.501. The Bertz CT molecular complexity index is 652.